The molecule has 1 aromatic carbocycles. The Morgan fingerprint density at radius 3 is 2.62 bits per heavy atom. The van der Waals surface area contributed by atoms with Gasteiger partial charge in [-0.25, -0.2) is 12.8 Å². The third-order valence-corrected chi connectivity index (χ3v) is 6.06. The van der Waals surface area contributed by atoms with Crippen molar-refractivity contribution in [3.8, 4) is 0 Å². The van der Waals surface area contributed by atoms with Gasteiger partial charge in [0, 0.05) is 6.54 Å². The molecular weight excluding hydrogens is 317 g/mol. The lowest BCUT2D eigenvalue weighted by molar-refractivity contribution is -0.118. The second kappa shape index (κ2) is 6.75. The van der Waals surface area contributed by atoms with Crippen molar-refractivity contribution in [3.05, 3.63) is 34.6 Å². The van der Waals surface area contributed by atoms with Gasteiger partial charge in [-0.2, -0.15) is 0 Å². The molecule has 7 heteroatoms. The maximum absolute atomic E-state index is 13.0. The van der Waals surface area contributed by atoms with Gasteiger partial charge in [0.25, 0.3) is 0 Å². The highest BCUT2D eigenvalue weighted by Crippen LogP contribution is 2.25. The molecule has 0 radical (unpaired) electrons. The largest absolute Gasteiger partial charge is 0.351 e. The van der Waals surface area contributed by atoms with Crippen LogP contribution in [0.25, 0.3) is 0 Å². The molecule has 1 aliphatic carbocycles. The van der Waals surface area contributed by atoms with Crippen molar-refractivity contribution in [2.24, 2.45) is 0 Å². The van der Waals surface area contributed by atoms with Gasteiger partial charge in [0.15, 0.2) is 9.84 Å². The number of benzene rings is 1. The van der Waals surface area contributed by atoms with Gasteiger partial charge in [-0.3, -0.25) is 4.79 Å². The van der Waals surface area contributed by atoms with E-state index in [-0.39, 0.29) is 16.8 Å². The zero-order valence-electron chi connectivity index (χ0n) is 11.4. The average Bonchev–Trinajstić information content (AvgIpc) is 2.94. The van der Waals surface area contributed by atoms with E-state index in [9.17, 15) is 17.6 Å². The zero-order chi connectivity index (χ0) is 15.5. The summed E-state index contributed by atoms with van der Waals surface area (Å²) in [6.07, 6.45) is 3.09. The molecule has 0 aromatic heterocycles. The molecular formula is C14H17ClFNO3S. The molecule has 0 saturated heterocycles. The van der Waals surface area contributed by atoms with Crippen LogP contribution in [0.15, 0.2) is 18.2 Å². The summed E-state index contributed by atoms with van der Waals surface area (Å²) in [5.41, 5.74) is 0.619. The second-order valence-electron chi connectivity index (χ2n) is 5.24. The molecule has 1 aliphatic rings. The summed E-state index contributed by atoms with van der Waals surface area (Å²) in [5, 5.41) is 2.11. The van der Waals surface area contributed by atoms with Gasteiger partial charge < -0.3 is 5.32 Å². The Hall–Kier alpha value is -1.14. The first-order valence-corrected chi connectivity index (χ1v) is 8.90. The molecule has 4 nitrogen and oxygen atoms in total. The van der Waals surface area contributed by atoms with E-state index < -0.39 is 27.3 Å². The fraction of sp³-hybridized carbons (Fsp3) is 0.500. The van der Waals surface area contributed by atoms with Gasteiger partial charge in [-0.1, -0.05) is 30.5 Å². The number of amides is 1. The summed E-state index contributed by atoms with van der Waals surface area (Å²) >= 11 is 5.64. The van der Waals surface area contributed by atoms with Crippen molar-refractivity contribution < 1.29 is 17.6 Å². The molecule has 0 atom stereocenters. The Morgan fingerprint density at radius 2 is 2.00 bits per heavy atom. The summed E-state index contributed by atoms with van der Waals surface area (Å²) in [5.74, 6) is -1.56. The number of carbonyl (C=O) groups is 1. The maximum atomic E-state index is 13.0. The number of halogens is 2. The Kier molecular flexibility index (Phi) is 5.22. The predicted octanol–water partition coefficient (Wildman–Crippen LogP) is 2.45. The van der Waals surface area contributed by atoms with Crippen LogP contribution in [0.4, 0.5) is 4.39 Å². The van der Waals surface area contributed by atoms with Gasteiger partial charge >= 0.3 is 0 Å². The van der Waals surface area contributed by atoms with E-state index in [1.807, 2.05) is 0 Å². The van der Waals surface area contributed by atoms with Crippen LogP contribution in [0.5, 0.6) is 0 Å². The Balaban J connectivity index is 1.88. The van der Waals surface area contributed by atoms with E-state index in [0.29, 0.717) is 18.4 Å². The topological polar surface area (TPSA) is 63.2 Å². The van der Waals surface area contributed by atoms with Crippen LogP contribution >= 0.6 is 11.6 Å². The van der Waals surface area contributed by atoms with Crippen LogP contribution in [0.2, 0.25) is 5.02 Å². The highest BCUT2D eigenvalue weighted by atomic mass is 35.5. The lowest BCUT2D eigenvalue weighted by Gasteiger charge is -2.11. The van der Waals surface area contributed by atoms with E-state index in [2.05, 4.69) is 5.32 Å². The standard InChI is InChI=1S/C14H17ClFNO3S/c15-12-7-10(5-6-13(12)16)8-17-14(18)9-21(19,20)11-3-1-2-4-11/h5-7,11H,1-4,8-9H2,(H,17,18). The fourth-order valence-corrected chi connectivity index (χ4v) is 4.41. The molecule has 1 aromatic rings. The Labute approximate surface area is 128 Å². The van der Waals surface area contributed by atoms with Crippen LogP contribution < -0.4 is 5.32 Å². The minimum absolute atomic E-state index is 0.0275. The van der Waals surface area contributed by atoms with E-state index in [0.717, 1.165) is 12.8 Å². The van der Waals surface area contributed by atoms with Crippen molar-refractivity contribution in [2.45, 2.75) is 37.5 Å². The third-order valence-electron chi connectivity index (χ3n) is 3.62. The van der Waals surface area contributed by atoms with Crippen molar-refractivity contribution >= 4 is 27.3 Å². The molecule has 0 bridgehead atoms. The van der Waals surface area contributed by atoms with Crippen molar-refractivity contribution in [3.63, 3.8) is 0 Å². The normalized spacial score (nSPS) is 16.1. The minimum Gasteiger partial charge on any atom is -0.351 e. The van der Waals surface area contributed by atoms with E-state index >= 15 is 0 Å². The number of rotatable bonds is 5. The van der Waals surface area contributed by atoms with Gasteiger partial charge in [-0.15, -0.1) is 0 Å². The van der Waals surface area contributed by atoms with Gasteiger partial charge in [0.1, 0.15) is 11.6 Å². The lowest BCUT2D eigenvalue weighted by Crippen LogP contribution is -2.33. The van der Waals surface area contributed by atoms with E-state index in [4.69, 9.17) is 11.6 Å². The van der Waals surface area contributed by atoms with E-state index in [1.54, 1.807) is 0 Å². The predicted molar refractivity (Wildman–Crippen MR) is 79.3 cm³/mol. The Bertz CT molecular complexity index is 627. The maximum Gasteiger partial charge on any atom is 0.235 e. The zero-order valence-corrected chi connectivity index (χ0v) is 13.0. The number of carbonyl (C=O) groups excluding carboxylic acids is 1. The molecule has 0 spiro atoms. The lowest BCUT2D eigenvalue weighted by atomic mass is 10.2. The number of hydrogen-bond acceptors (Lipinski definition) is 3. The molecule has 1 N–H and O–H groups in total. The summed E-state index contributed by atoms with van der Waals surface area (Å²) in [4.78, 5) is 11.7. The summed E-state index contributed by atoms with van der Waals surface area (Å²) in [6, 6.07) is 4.11. The van der Waals surface area contributed by atoms with Crippen LogP contribution in [0.1, 0.15) is 31.2 Å². The van der Waals surface area contributed by atoms with Crippen LogP contribution in [-0.4, -0.2) is 25.3 Å². The molecule has 0 heterocycles. The minimum atomic E-state index is -3.38. The first-order valence-electron chi connectivity index (χ1n) is 6.80. The highest BCUT2D eigenvalue weighted by molar-refractivity contribution is 7.92. The van der Waals surface area contributed by atoms with Crippen LogP contribution in [0, 0.1) is 5.82 Å². The summed E-state index contributed by atoms with van der Waals surface area (Å²) in [6.45, 7) is 0.124. The van der Waals surface area contributed by atoms with E-state index in [1.165, 1.54) is 18.2 Å². The first kappa shape index (κ1) is 16.2. The van der Waals surface area contributed by atoms with Gasteiger partial charge in [0.05, 0.1) is 10.3 Å². The first-order chi connectivity index (χ1) is 9.88. The second-order valence-corrected chi connectivity index (χ2v) is 7.93. The fourth-order valence-electron chi connectivity index (χ4n) is 2.45. The van der Waals surface area contributed by atoms with Crippen molar-refractivity contribution in [1.29, 1.82) is 0 Å². The molecule has 116 valence electrons. The van der Waals surface area contributed by atoms with Gasteiger partial charge in [-0.05, 0) is 30.5 Å². The van der Waals surface area contributed by atoms with Crippen molar-refractivity contribution in [1.82, 2.24) is 5.32 Å². The molecule has 1 amide bonds. The van der Waals surface area contributed by atoms with Crippen molar-refractivity contribution in [2.75, 3.05) is 5.75 Å². The number of nitrogens with one attached hydrogen (secondary N) is 1. The third kappa shape index (κ3) is 4.41. The summed E-state index contributed by atoms with van der Waals surface area (Å²) in [7, 11) is -3.38. The van der Waals surface area contributed by atoms with Crippen LogP contribution in [0.3, 0.4) is 0 Å². The smallest absolute Gasteiger partial charge is 0.235 e. The number of sulfone groups is 1. The summed E-state index contributed by atoms with van der Waals surface area (Å²) < 4.78 is 37.0. The number of hydrogen-bond donors (Lipinski definition) is 1. The quantitative estimate of drug-likeness (QED) is 0.900. The molecule has 21 heavy (non-hydrogen) atoms. The Morgan fingerprint density at radius 1 is 1.33 bits per heavy atom. The molecule has 1 saturated carbocycles. The molecule has 2 rings (SSSR count). The molecule has 1 fully saturated rings. The van der Waals surface area contributed by atoms with Crippen LogP contribution in [-0.2, 0) is 21.2 Å². The molecule has 0 unspecified atom stereocenters. The SMILES string of the molecule is O=C(CS(=O)(=O)C1CCCC1)NCc1ccc(F)c(Cl)c1. The molecule has 0 aliphatic heterocycles. The monoisotopic (exact) mass is 333 g/mol. The highest BCUT2D eigenvalue weighted by Gasteiger charge is 2.30. The van der Waals surface area contributed by atoms with Gasteiger partial charge in [0.2, 0.25) is 5.91 Å². The average molecular weight is 334 g/mol.